The van der Waals surface area contributed by atoms with Gasteiger partial charge >= 0.3 is 5.97 Å². The van der Waals surface area contributed by atoms with Crippen molar-refractivity contribution in [1.82, 2.24) is 4.98 Å². The number of hydrogen-bond donors (Lipinski definition) is 0. The summed E-state index contributed by atoms with van der Waals surface area (Å²) in [6.45, 7) is 1.99. The Hall–Kier alpha value is -1.38. The van der Waals surface area contributed by atoms with Crippen molar-refractivity contribution < 1.29 is 9.53 Å². The summed E-state index contributed by atoms with van der Waals surface area (Å²) in [4.78, 5) is 15.1. The van der Waals surface area contributed by atoms with Gasteiger partial charge < -0.3 is 4.74 Å². The number of esters is 1. The van der Waals surface area contributed by atoms with Crippen molar-refractivity contribution in [3.05, 3.63) is 29.6 Å². The highest BCUT2D eigenvalue weighted by Gasteiger charge is 2.29. The first-order chi connectivity index (χ1) is 5.83. The first-order valence-corrected chi connectivity index (χ1v) is 3.98. The largest absolute Gasteiger partial charge is 0.454 e. The molecule has 1 aromatic rings. The van der Waals surface area contributed by atoms with Crippen molar-refractivity contribution in [1.29, 1.82) is 0 Å². The molecule has 0 spiro atoms. The van der Waals surface area contributed by atoms with E-state index in [1.807, 2.05) is 6.92 Å². The molecule has 3 nitrogen and oxygen atoms in total. The molecule has 2 rings (SSSR count). The van der Waals surface area contributed by atoms with Crippen molar-refractivity contribution in [2.45, 2.75) is 19.4 Å². The van der Waals surface area contributed by atoms with E-state index in [0.717, 1.165) is 12.0 Å². The van der Waals surface area contributed by atoms with Crippen LogP contribution in [-0.2, 0) is 4.74 Å². The fourth-order valence-electron chi connectivity index (χ4n) is 1.41. The van der Waals surface area contributed by atoms with Crippen LogP contribution in [0.4, 0.5) is 0 Å². The molecule has 1 unspecified atom stereocenters. The topological polar surface area (TPSA) is 39.2 Å². The summed E-state index contributed by atoms with van der Waals surface area (Å²) in [5.74, 6) is -0.223. The molecule has 0 bridgehead atoms. The van der Waals surface area contributed by atoms with Crippen molar-refractivity contribution in [3.8, 4) is 0 Å². The van der Waals surface area contributed by atoms with Crippen LogP contribution in [0, 0.1) is 0 Å². The maximum absolute atomic E-state index is 11.2. The number of fused-ring (bicyclic) bond motifs is 1. The van der Waals surface area contributed by atoms with Gasteiger partial charge in [0.2, 0.25) is 0 Å². The van der Waals surface area contributed by atoms with Crippen LogP contribution >= 0.6 is 0 Å². The van der Waals surface area contributed by atoms with Gasteiger partial charge in [-0.25, -0.2) is 4.79 Å². The van der Waals surface area contributed by atoms with Crippen LogP contribution < -0.4 is 0 Å². The van der Waals surface area contributed by atoms with E-state index in [2.05, 4.69) is 4.98 Å². The summed E-state index contributed by atoms with van der Waals surface area (Å²) in [6, 6.07) is 1.70. The fraction of sp³-hybridized carbons (Fsp3) is 0.333. The second kappa shape index (κ2) is 2.59. The number of ether oxygens (including phenoxy) is 1. The lowest BCUT2D eigenvalue weighted by atomic mass is 10.1. The van der Waals surface area contributed by atoms with Gasteiger partial charge in [0, 0.05) is 18.0 Å². The Labute approximate surface area is 70.4 Å². The molecule has 0 aromatic carbocycles. The Morgan fingerprint density at radius 1 is 1.67 bits per heavy atom. The van der Waals surface area contributed by atoms with Gasteiger partial charge in [0.15, 0.2) is 0 Å². The molecule has 1 aromatic heterocycles. The maximum Gasteiger partial charge on any atom is 0.339 e. The molecule has 0 fully saturated rings. The monoisotopic (exact) mass is 163 g/mol. The molecule has 0 radical (unpaired) electrons. The Morgan fingerprint density at radius 2 is 2.50 bits per heavy atom. The van der Waals surface area contributed by atoms with Crippen LogP contribution in [0.25, 0.3) is 0 Å². The standard InChI is InChI=1S/C9H9NO2/c1-2-8-7-5-10-4-3-6(7)9(11)12-8/h3-5,8H,2H2,1H3. The van der Waals surface area contributed by atoms with E-state index in [0.29, 0.717) is 5.56 Å². The number of cyclic esters (lactones) is 1. The summed E-state index contributed by atoms with van der Waals surface area (Å²) < 4.78 is 5.10. The molecule has 1 aliphatic heterocycles. The van der Waals surface area contributed by atoms with Crippen molar-refractivity contribution >= 4 is 5.97 Å². The van der Waals surface area contributed by atoms with Gasteiger partial charge in [-0.2, -0.15) is 0 Å². The number of pyridine rings is 1. The van der Waals surface area contributed by atoms with Crippen molar-refractivity contribution in [2.24, 2.45) is 0 Å². The van der Waals surface area contributed by atoms with E-state index in [9.17, 15) is 4.79 Å². The number of carbonyl (C=O) groups excluding carboxylic acids is 1. The minimum Gasteiger partial charge on any atom is -0.454 e. The Bertz CT molecular complexity index is 322. The maximum atomic E-state index is 11.2. The molecule has 1 atom stereocenters. The molecule has 12 heavy (non-hydrogen) atoms. The smallest absolute Gasteiger partial charge is 0.339 e. The molecule has 0 saturated carbocycles. The lowest BCUT2D eigenvalue weighted by Crippen LogP contribution is -1.96. The second-order valence-corrected chi connectivity index (χ2v) is 2.77. The van der Waals surface area contributed by atoms with Crippen LogP contribution in [0.15, 0.2) is 18.5 Å². The Balaban J connectivity index is 2.50. The van der Waals surface area contributed by atoms with Gasteiger partial charge in [0.1, 0.15) is 6.10 Å². The third kappa shape index (κ3) is 0.897. The lowest BCUT2D eigenvalue weighted by molar-refractivity contribution is 0.0378. The highest BCUT2D eigenvalue weighted by Crippen LogP contribution is 2.31. The van der Waals surface area contributed by atoms with Crippen LogP contribution in [0.5, 0.6) is 0 Å². The fourth-order valence-corrected chi connectivity index (χ4v) is 1.41. The summed E-state index contributed by atoms with van der Waals surface area (Å²) in [6.07, 6.45) is 4.04. The molecule has 1 aliphatic rings. The van der Waals surface area contributed by atoms with E-state index in [1.54, 1.807) is 18.5 Å². The third-order valence-corrected chi connectivity index (χ3v) is 2.04. The molecule has 3 heteroatoms. The SMILES string of the molecule is CCC1OC(=O)c2ccncc21. The van der Waals surface area contributed by atoms with Crippen LogP contribution in [0.3, 0.4) is 0 Å². The predicted molar refractivity (Wildman–Crippen MR) is 42.7 cm³/mol. The number of aromatic nitrogens is 1. The average molecular weight is 163 g/mol. The van der Waals surface area contributed by atoms with Gasteiger partial charge in [0.05, 0.1) is 5.56 Å². The first-order valence-electron chi connectivity index (χ1n) is 3.98. The molecular weight excluding hydrogens is 154 g/mol. The predicted octanol–water partition coefficient (Wildman–Crippen LogP) is 1.70. The zero-order valence-electron chi connectivity index (χ0n) is 6.78. The average Bonchev–Trinajstić information content (AvgIpc) is 2.44. The molecule has 62 valence electrons. The zero-order valence-corrected chi connectivity index (χ0v) is 6.78. The van der Waals surface area contributed by atoms with E-state index < -0.39 is 0 Å². The summed E-state index contributed by atoms with van der Waals surface area (Å²) in [7, 11) is 0. The first kappa shape index (κ1) is 7.28. The third-order valence-electron chi connectivity index (χ3n) is 2.04. The molecule has 2 heterocycles. The zero-order chi connectivity index (χ0) is 8.55. The normalized spacial score (nSPS) is 20.4. The molecule has 0 saturated heterocycles. The van der Waals surface area contributed by atoms with Gasteiger partial charge in [-0.1, -0.05) is 6.92 Å². The minimum atomic E-state index is -0.223. The van der Waals surface area contributed by atoms with Crippen molar-refractivity contribution in [2.75, 3.05) is 0 Å². The molecule has 0 aliphatic carbocycles. The molecule has 0 amide bonds. The van der Waals surface area contributed by atoms with Gasteiger partial charge in [-0.15, -0.1) is 0 Å². The van der Waals surface area contributed by atoms with E-state index in [-0.39, 0.29) is 12.1 Å². The minimum absolute atomic E-state index is 0.0822. The number of carbonyl (C=O) groups is 1. The van der Waals surface area contributed by atoms with E-state index in [1.165, 1.54) is 0 Å². The summed E-state index contributed by atoms with van der Waals surface area (Å²) in [5, 5.41) is 0. The Kier molecular flexibility index (Phi) is 1.57. The highest BCUT2D eigenvalue weighted by atomic mass is 16.5. The highest BCUT2D eigenvalue weighted by molar-refractivity contribution is 5.93. The molecule has 0 N–H and O–H groups in total. The number of hydrogen-bond acceptors (Lipinski definition) is 3. The lowest BCUT2D eigenvalue weighted by Gasteiger charge is -2.04. The summed E-state index contributed by atoms with van der Waals surface area (Å²) >= 11 is 0. The summed E-state index contributed by atoms with van der Waals surface area (Å²) in [5.41, 5.74) is 1.59. The van der Waals surface area contributed by atoms with Crippen LogP contribution in [0.1, 0.15) is 35.4 Å². The van der Waals surface area contributed by atoms with Crippen LogP contribution in [0.2, 0.25) is 0 Å². The van der Waals surface area contributed by atoms with Gasteiger partial charge in [-0.05, 0) is 12.5 Å². The second-order valence-electron chi connectivity index (χ2n) is 2.77. The van der Waals surface area contributed by atoms with Gasteiger partial charge in [0.25, 0.3) is 0 Å². The van der Waals surface area contributed by atoms with Crippen molar-refractivity contribution in [3.63, 3.8) is 0 Å². The number of rotatable bonds is 1. The van der Waals surface area contributed by atoms with Gasteiger partial charge in [-0.3, -0.25) is 4.98 Å². The van der Waals surface area contributed by atoms with E-state index >= 15 is 0 Å². The van der Waals surface area contributed by atoms with Crippen LogP contribution in [-0.4, -0.2) is 11.0 Å². The Morgan fingerprint density at radius 3 is 3.25 bits per heavy atom. The quantitative estimate of drug-likeness (QED) is 0.591. The van der Waals surface area contributed by atoms with E-state index in [4.69, 9.17) is 4.74 Å². The number of nitrogens with zero attached hydrogens (tertiary/aromatic N) is 1. The molecular formula is C9H9NO2.